The van der Waals surface area contributed by atoms with Crippen molar-refractivity contribution in [3.63, 3.8) is 0 Å². The molecule has 0 fully saturated rings. The monoisotopic (exact) mass is 187 g/mol. The zero-order valence-corrected chi connectivity index (χ0v) is 8.71. The molecule has 3 nitrogen and oxygen atoms in total. The van der Waals surface area contributed by atoms with E-state index in [0.29, 0.717) is 6.61 Å². The lowest BCUT2D eigenvalue weighted by Gasteiger charge is -2.14. The summed E-state index contributed by atoms with van der Waals surface area (Å²) in [6, 6.07) is 0. The maximum atomic E-state index is 5.19. The third kappa shape index (κ3) is 7.96. The molecule has 0 rings (SSSR count). The Balaban J connectivity index is 3.22. The second-order valence-corrected chi connectivity index (χ2v) is 2.95. The molecule has 0 bridgehead atoms. The van der Waals surface area contributed by atoms with E-state index in [9.17, 15) is 0 Å². The lowest BCUT2D eigenvalue weighted by Crippen LogP contribution is -2.32. The van der Waals surface area contributed by atoms with Crippen LogP contribution >= 0.6 is 0 Å². The van der Waals surface area contributed by atoms with Crippen molar-refractivity contribution < 1.29 is 9.47 Å². The van der Waals surface area contributed by atoms with Crippen molar-refractivity contribution in [1.82, 2.24) is 5.32 Å². The zero-order valence-electron chi connectivity index (χ0n) is 8.71. The van der Waals surface area contributed by atoms with Crippen molar-refractivity contribution in [2.45, 2.75) is 18.9 Å². The molecule has 78 valence electrons. The van der Waals surface area contributed by atoms with Gasteiger partial charge in [-0.2, -0.15) is 0 Å². The molecule has 0 saturated carbocycles. The average Bonchev–Trinajstić information content (AvgIpc) is 2.16. The summed E-state index contributed by atoms with van der Waals surface area (Å²) >= 11 is 0. The van der Waals surface area contributed by atoms with Crippen molar-refractivity contribution in [3.05, 3.63) is 12.7 Å². The van der Waals surface area contributed by atoms with Gasteiger partial charge in [-0.3, -0.25) is 0 Å². The highest BCUT2D eigenvalue weighted by molar-refractivity contribution is 4.67. The second-order valence-electron chi connectivity index (χ2n) is 2.95. The van der Waals surface area contributed by atoms with Crippen LogP contribution in [0, 0.1) is 0 Å². The van der Waals surface area contributed by atoms with Gasteiger partial charge in [0.05, 0.1) is 12.7 Å². The first kappa shape index (κ1) is 12.6. The van der Waals surface area contributed by atoms with Crippen LogP contribution in [0.15, 0.2) is 12.7 Å². The van der Waals surface area contributed by atoms with Gasteiger partial charge in [0.15, 0.2) is 0 Å². The van der Waals surface area contributed by atoms with Crippen LogP contribution in [0.3, 0.4) is 0 Å². The van der Waals surface area contributed by atoms with Crippen molar-refractivity contribution in [3.8, 4) is 0 Å². The first-order valence-electron chi connectivity index (χ1n) is 4.68. The predicted molar refractivity (Wildman–Crippen MR) is 55.0 cm³/mol. The number of allylic oxidation sites excluding steroid dienone is 1. The van der Waals surface area contributed by atoms with E-state index in [2.05, 4.69) is 11.9 Å². The summed E-state index contributed by atoms with van der Waals surface area (Å²) in [5.74, 6) is 0. The molecule has 0 amide bonds. The first-order valence-corrected chi connectivity index (χ1v) is 4.68. The number of unbranched alkanes of at least 4 members (excludes halogenated alkanes) is 1. The molecule has 1 unspecified atom stereocenters. The molecule has 0 aliphatic rings. The van der Waals surface area contributed by atoms with Gasteiger partial charge in [0.1, 0.15) is 0 Å². The normalized spacial score (nSPS) is 12.8. The Kier molecular flexibility index (Phi) is 9.42. The van der Waals surface area contributed by atoms with Gasteiger partial charge >= 0.3 is 0 Å². The Morgan fingerprint density at radius 3 is 2.77 bits per heavy atom. The summed E-state index contributed by atoms with van der Waals surface area (Å²) in [5.41, 5.74) is 0. The van der Waals surface area contributed by atoms with Crippen LogP contribution in [0.1, 0.15) is 12.8 Å². The average molecular weight is 187 g/mol. The highest BCUT2D eigenvalue weighted by Crippen LogP contribution is 1.90. The molecule has 3 heteroatoms. The van der Waals surface area contributed by atoms with Gasteiger partial charge in [-0.15, -0.1) is 6.58 Å². The van der Waals surface area contributed by atoms with Crippen LogP contribution < -0.4 is 5.32 Å². The van der Waals surface area contributed by atoms with Gasteiger partial charge in [-0.1, -0.05) is 6.08 Å². The summed E-state index contributed by atoms with van der Waals surface area (Å²) in [6.45, 7) is 6.17. The number of rotatable bonds is 9. The summed E-state index contributed by atoms with van der Waals surface area (Å²) in [7, 11) is 3.39. The van der Waals surface area contributed by atoms with Crippen LogP contribution in [0.4, 0.5) is 0 Å². The van der Waals surface area contributed by atoms with Crippen molar-refractivity contribution >= 4 is 0 Å². The molecule has 0 aliphatic heterocycles. The Bertz CT molecular complexity index is 117. The lowest BCUT2D eigenvalue weighted by atomic mass is 10.3. The minimum atomic E-state index is 0.161. The zero-order chi connectivity index (χ0) is 9.94. The Morgan fingerprint density at radius 2 is 2.23 bits per heavy atom. The highest BCUT2D eigenvalue weighted by Gasteiger charge is 2.04. The molecular weight excluding hydrogens is 166 g/mol. The van der Waals surface area contributed by atoms with Crippen LogP contribution in [-0.2, 0) is 9.47 Å². The smallest absolute Gasteiger partial charge is 0.0928 e. The van der Waals surface area contributed by atoms with Gasteiger partial charge in [0, 0.05) is 20.8 Å². The largest absolute Gasteiger partial charge is 0.382 e. The molecule has 0 aromatic carbocycles. The summed E-state index contributed by atoms with van der Waals surface area (Å²) < 4.78 is 10.2. The van der Waals surface area contributed by atoms with E-state index in [-0.39, 0.29) is 6.10 Å². The summed E-state index contributed by atoms with van der Waals surface area (Å²) in [5, 5.41) is 3.30. The number of methoxy groups -OCH3 is 2. The molecule has 0 aromatic rings. The quantitative estimate of drug-likeness (QED) is 0.434. The third-order valence-corrected chi connectivity index (χ3v) is 1.82. The minimum Gasteiger partial charge on any atom is -0.382 e. The Labute approximate surface area is 81.1 Å². The molecule has 13 heavy (non-hydrogen) atoms. The Hall–Kier alpha value is -0.380. The van der Waals surface area contributed by atoms with Crippen LogP contribution in [0.2, 0.25) is 0 Å². The van der Waals surface area contributed by atoms with Crippen LogP contribution in [0.5, 0.6) is 0 Å². The van der Waals surface area contributed by atoms with Crippen LogP contribution in [-0.4, -0.2) is 40.0 Å². The van der Waals surface area contributed by atoms with E-state index < -0.39 is 0 Å². The number of hydrogen-bond donors (Lipinski definition) is 1. The van der Waals surface area contributed by atoms with E-state index in [1.165, 1.54) is 0 Å². The fourth-order valence-electron chi connectivity index (χ4n) is 1.03. The van der Waals surface area contributed by atoms with Gasteiger partial charge in [0.25, 0.3) is 0 Å². The van der Waals surface area contributed by atoms with E-state index in [0.717, 1.165) is 25.9 Å². The van der Waals surface area contributed by atoms with Crippen molar-refractivity contribution in [2.24, 2.45) is 0 Å². The van der Waals surface area contributed by atoms with Crippen LogP contribution in [0.25, 0.3) is 0 Å². The van der Waals surface area contributed by atoms with E-state index in [1.54, 1.807) is 14.2 Å². The molecule has 0 radical (unpaired) electrons. The van der Waals surface area contributed by atoms with Gasteiger partial charge in [-0.05, 0) is 19.4 Å². The molecule has 0 aromatic heterocycles. The second kappa shape index (κ2) is 9.71. The molecule has 0 heterocycles. The SMILES string of the molecule is C=CCCCNCC(COC)OC. The molecule has 0 spiro atoms. The first-order chi connectivity index (χ1) is 6.35. The van der Waals surface area contributed by atoms with Crippen molar-refractivity contribution in [2.75, 3.05) is 33.9 Å². The van der Waals surface area contributed by atoms with Crippen molar-refractivity contribution in [1.29, 1.82) is 0 Å². The Morgan fingerprint density at radius 1 is 1.46 bits per heavy atom. The number of ether oxygens (including phenoxy) is 2. The number of hydrogen-bond acceptors (Lipinski definition) is 3. The maximum Gasteiger partial charge on any atom is 0.0928 e. The predicted octanol–water partition coefficient (Wildman–Crippen LogP) is 1.20. The molecule has 0 saturated heterocycles. The third-order valence-electron chi connectivity index (χ3n) is 1.82. The fraction of sp³-hybridized carbons (Fsp3) is 0.800. The molecule has 0 aliphatic carbocycles. The fourth-order valence-corrected chi connectivity index (χ4v) is 1.03. The topological polar surface area (TPSA) is 30.5 Å². The molecule has 1 N–H and O–H groups in total. The van der Waals surface area contributed by atoms with Gasteiger partial charge in [0.2, 0.25) is 0 Å². The summed E-state index contributed by atoms with van der Waals surface area (Å²) in [4.78, 5) is 0. The molecular formula is C10H21NO2. The van der Waals surface area contributed by atoms with E-state index in [4.69, 9.17) is 9.47 Å². The van der Waals surface area contributed by atoms with E-state index >= 15 is 0 Å². The summed E-state index contributed by atoms with van der Waals surface area (Å²) in [6.07, 6.45) is 4.29. The minimum absolute atomic E-state index is 0.161. The van der Waals surface area contributed by atoms with E-state index in [1.807, 2.05) is 6.08 Å². The standard InChI is InChI=1S/C10H21NO2/c1-4-5-6-7-11-8-10(13-3)9-12-2/h4,10-11H,1,5-9H2,2-3H3. The number of nitrogens with one attached hydrogen (secondary N) is 1. The highest BCUT2D eigenvalue weighted by atomic mass is 16.5. The molecule has 1 atom stereocenters. The lowest BCUT2D eigenvalue weighted by molar-refractivity contribution is 0.0290. The van der Waals surface area contributed by atoms with Gasteiger partial charge in [-0.25, -0.2) is 0 Å². The maximum absolute atomic E-state index is 5.19. The van der Waals surface area contributed by atoms with Gasteiger partial charge < -0.3 is 14.8 Å².